The lowest BCUT2D eigenvalue weighted by Crippen LogP contribution is -2.07. The molecule has 186 valence electrons. The molecular weight excluding hydrogens is 542 g/mol. The number of aromatic nitrogens is 2. The summed E-state index contributed by atoms with van der Waals surface area (Å²) in [4.78, 5) is 19.3. The highest BCUT2D eigenvalue weighted by molar-refractivity contribution is 6.32. The number of rotatable bonds is 7. The van der Waals surface area contributed by atoms with Crippen molar-refractivity contribution in [1.29, 1.82) is 5.26 Å². The Kier molecular flexibility index (Phi) is 7.74. The summed E-state index contributed by atoms with van der Waals surface area (Å²) in [7, 11) is 0. The molecule has 1 aromatic heterocycles. The Morgan fingerprint density at radius 1 is 1.00 bits per heavy atom. The lowest BCUT2D eigenvalue weighted by Gasteiger charge is -2.17. The highest BCUT2D eigenvalue weighted by Crippen LogP contribution is 2.38. The van der Waals surface area contributed by atoms with Crippen molar-refractivity contribution < 1.29 is 9.31 Å². The van der Waals surface area contributed by atoms with Gasteiger partial charge in [0.15, 0.2) is 0 Å². The van der Waals surface area contributed by atoms with E-state index in [1.54, 1.807) is 43.3 Å². The van der Waals surface area contributed by atoms with Crippen molar-refractivity contribution in [1.82, 2.24) is 9.97 Å². The van der Waals surface area contributed by atoms with Gasteiger partial charge in [0.2, 0.25) is 11.6 Å². The van der Waals surface area contributed by atoms with Gasteiger partial charge in [-0.15, -0.1) is 0 Å². The summed E-state index contributed by atoms with van der Waals surface area (Å²) >= 11 is 18.3. The van der Waals surface area contributed by atoms with Gasteiger partial charge >= 0.3 is 5.69 Å². The monoisotopic (exact) mass is 556 g/mol. The molecular formula is C25H16Cl3FN6O2. The van der Waals surface area contributed by atoms with Crippen LogP contribution < -0.4 is 10.6 Å². The molecule has 4 rings (SSSR count). The number of nitrogens with zero attached hydrogens (tertiary/aromatic N) is 4. The Morgan fingerprint density at radius 3 is 2.30 bits per heavy atom. The number of halogens is 4. The van der Waals surface area contributed by atoms with Gasteiger partial charge in [-0.1, -0.05) is 53.0 Å². The van der Waals surface area contributed by atoms with E-state index in [0.29, 0.717) is 27.5 Å². The van der Waals surface area contributed by atoms with Crippen molar-refractivity contribution in [2.24, 2.45) is 0 Å². The Labute approximate surface area is 225 Å². The van der Waals surface area contributed by atoms with E-state index in [4.69, 9.17) is 34.8 Å². The van der Waals surface area contributed by atoms with Crippen LogP contribution in [-0.2, 0) is 0 Å². The van der Waals surface area contributed by atoms with Crippen LogP contribution in [0.15, 0.2) is 60.9 Å². The lowest BCUT2D eigenvalue weighted by atomic mass is 9.91. The quantitative estimate of drug-likeness (QED) is 0.175. The predicted octanol–water partition coefficient (Wildman–Crippen LogP) is 7.94. The third-order valence-corrected chi connectivity index (χ3v) is 6.30. The van der Waals surface area contributed by atoms with Gasteiger partial charge in [-0.2, -0.15) is 5.26 Å². The molecule has 0 saturated carbocycles. The van der Waals surface area contributed by atoms with E-state index in [0.717, 1.165) is 18.0 Å². The molecule has 1 heterocycles. The summed E-state index contributed by atoms with van der Waals surface area (Å²) in [5, 5.41) is 28.2. The molecule has 0 aliphatic rings. The van der Waals surface area contributed by atoms with Crippen molar-refractivity contribution in [3.8, 4) is 6.07 Å². The van der Waals surface area contributed by atoms with E-state index < -0.39 is 22.3 Å². The lowest BCUT2D eigenvalue weighted by molar-refractivity contribution is -0.383. The Hall–Kier alpha value is -3.97. The average molecular weight is 558 g/mol. The van der Waals surface area contributed by atoms with Crippen LogP contribution in [-0.4, -0.2) is 14.9 Å². The maximum atomic E-state index is 13.5. The molecule has 0 fully saturated rings. The van der Waals surface area contributed by atoms with Gasteiger partial charge < -0.3 is 10.6 Å². The molecule has 1 atom stereocenters. The van der Waals surface area contributed by atoms with Gasteiger partial charge in [0.25, 0.3) is 0 Å². The largest absolute Gasteiger partial charge is 0.353 e. The second-order valence-corrected chi connectivity index (χ2v) is 9.11. The zero-order valence-corrected chi connectivity index (χ0v) is 21.2. The van der Waals surface area contributed by atoms with Gasteiger partial charge in [-0.05, 0) is 60.0 Å². The summed E-state index contributed by atoms with van der Waals surface area (Å²) in [5.74, 6) is -1.50. The first kappa shape index (κ1) is 26.1. The zero-order chi connectivity index (χ0) is 26.7. The Morgan fingerprint density at radius 2 is 1.68 bits per heavy atom. The van der Waals surface area contributed by atoms with Crippen LogP contribution >= 0.6 is 34.8 Å². The van der Waals surface area contributed by atoms with E-state index in [1.165, 1.54) is 12.1 Å². The summed E-state index contributed by atoms with van der Waals surface area (Å²) in [5.41, 5.74) is 2.26. The molecule has 2 N–H and O–H groups in total. The molecule has 3 aromatic carbocycles. The van der Waals surface area contributed by atoms with Crippen LogP contribution in [0.3, 0.4) is 0 Å². The average Bonchev–Trinajstić information content (AvgIpc) is 2.86. The zero-order valence-electron chi connectivity index (χ0n) is 19.0. The minimum atomic E-state index is -0.649. The predicted molar refractivity (Wildman–Crippen MR) is 142 cm³/mol. The van der Waals surface area contributed by atoms with Crippen LogP contribution in [0.4, 0.5) is 33.1 Å². The van der Waals surface area contributed by atoms with Crippen LogP contribution in [0.25, 0.3) is 0 Å². The van der Waals surface area contributed by atoms with E-state index in [-0.39, 0.29) is 21.7 Å². The molecule has 12 heteroatoms. The highest BCUT2D eigenvalue weighted by atomic mass is 35.5. The number of nitro groups is 1. The van der Waals surface area contributed by atoms with Crippen molar-refractivity contribution in [2.45, 2.75) is 12.8 Å². The second kappa shape index (κ2) is 11.0. The molecule has 8 nitrogen and oxygen atoms in total. The first-order valence-electron chi connectivity index (χ1n) is 10.6. The summed E-state index contributed by atoms with van der Waals surface area (Å²) in [6.07, 6.45) is 1.14. The third kappa shape index (κ3) is 5.73. The van der Waals surface area contributed by atoms with Gasteiger partial charge in [0, 0.05) is 21.4 Å². The SMILES string of the molecule is Cc1cc(C(C#N)c2ccc(Cl)cc2)c(Cl)cc1Nc1ncnc(Nc2ccc(F)c(Cl)c2)c1[N+](=O)[O-]. The highest BCUT2D eigenvalue weighted by Gasteiger charge is 2.25. The number of hydrogen-bond donors (Lipinski definition) is 2. The molecule has 0 aliphatic carbocycles. The fourth-order valence-electron chi connectivity index (χ4n) is 3.61. The number of nitrogens with one attached hydrogen (secondary N) is 2. The fourth-order valence-corrected chi connectivity index (χ4v) is 4.19. The summed E-state index contributed by atoms with van der Waals surface area (Å²) < 4.78 is 13.5. The van der Waals surface area contributed by atoms with E-state index >= 15 is 0 Å². The van der Waals surface area contributed by atoms with Crippen LogP contribution in [0, 0.1) is 34.2 Å². The first-order valence-corrected chi connectivity index (χ1v) is 11.7. The molecule has 0 aliphatic heterocycles. The molecule has 4 aromatic rings. The second-order valence-electron chi connectivity index (χ2n) is 7.86. The van der Waals surface area contributed by atoms with Crippen LogP contribution in [0.5, 0.6) is 0 Å². The number of benzene rings is 3. The van der Waals surface area contributed by atoms with Crippen molar-refractivity contribution in [3.63, 3.8) is 0 Å². The van der Waals surface area contributed by atoms with E-state index in [9.17, 15) is 19.8 Å². The number of hydrogen-bond acceptors (Lipinski definition) is 7. The molecule has 0 saturated heterocycles. The Bertz CT molecular complexity index is 1540. The maximum Gasteiger partial charge on any atom is 0.353 e. The van der Waals surface area contributed by atoms with E-state index in [1.807, 2.05) is 0 Å². The smallest absolute Gasteiger partial charge is 0.334 e. The summed E-state index contributed by atoms with van der Waals surface area (Å²) in [6.45, 7) is 1.77. The van der Waals surface area contributed by atoms with Crippen molar-refractivity contribution >= 4 is 63.5 Å². The molecule has 37 heavy (non-hydrogen) atoms. The van der Waals surface area contributed by atoms with Gasteiger partial charge in [-0.25, -0.2) is 14.4 Å². The minimum Gasteiger partial charge on any atom is -0.334 e. The number of nitriles is 1. The number of anilines is 4. The molecule has 0 spiro atoms. The van der Waals surface area contributed by atoms with Crippen molar-refractivity contribution in [3.05, 3.63) is 109 Å². The van der Waals surface area contributed by atoms with E-state index in [2.05, 4.69) is 26.7 Å². The normalized spacial score (nSPS) is 11.5. The van der Waals surface area contributed by atoms with Gasteiger partial charge in [-0.3, -0.25) is 10.1 Å². The van der Waals surface area contributed by atoms with Gasteiger partial charge in [0.1, 0.15) is 12.1 Å². The Balaban J connectivity index is 1.68. The van der Waals surface area contributed by atoms with Gasteiger partial charge in [0.05, 0.1) is 21.9 Å². The minimum absolute atomic E-state index is 0.0999. The topological polar surface area (TPSA) is 117 Å². The fraction of sp³-hybridized carbons (Fsp3) is 0.0800. The molecule has 1 unspecified atom stereocenters. The van der Waals surface area contributed by atoms with Crippen LogP contribution in [0.2, 0.25) is 15.1 Å². The molecule has 0 amide bonds. The third-order valence-electron chi connectivity index (χ3n) is 5.43. The first-order chi connectivity index (χ1) is 17.7. The maximum absolute atomic E-state index is 13.5. The van der Waals surface area contributed by atoms with Crippen molar-refractivity contribution in [2.75, 3.05) is 10.6 Å². The summed E-state index contributed by atoms with van der Waals surface area (Å²) in [6, 6.07) is 16.2. The number of aryl methyl sites for hydroxylation is 1. The molecule has 0 bridgehead atoms. The van der Waals surface area contributed by atoms with Crippen LogP contribution in [0.1, 0.15) is 22.6 Å². The standard InChI is InChI=1S/C25H16Cl3FN6O2/c1-13-8-17(18(11-30)14-2-4-15(26)5-3-14)19(27)10-22(13)34-25-23(35(36)37)24(31-12-32-25)33-16-6-7-21(29)20(28)9-16/h2-10,12,18H,1H3,(H2,31,32,33,34). The molecule has 0 radical (unpaired) electrons.